The molecule has 2 aromatic rings. The maximum atomic E-state index is 12.1. The third kappa shape index (κ3) is 5.37. The van der Waals surface area contributed by atoms with E-state index in [1.807, 2.05) is 44.6 Å². The quantitative estimate of drug-likeness (QED) is 0.726. The highest BCUT2D eigenvalue weighted by atomic mass is 16.1. The number of nitrogens with zero attached hydrogens (tertiary/aromatic N) is 6. The van der Waals surface area contributed by atoms with Gasteiger partial charge in [-0.15, -0.1) is 10.2 Å². The van der Waals surface area contributed by atoms with Crippen molar-refractivity contribution in [2.24, 2.45) is 0 Å². The topological polar surface area (TPSA) is 77.5 Å². The number of pyridine rings is 1. The Bertz CT molecular complexity index is 713. The van der Waals surface area contributed by atoms with Crippen molar-refractivity contribution in [1.82, 2.24) is 25.4 Å². The first-order valence-corrected chi connectivity index (χ1v) is 9.31. The number of hydrogen-bond donors (Lipinski definition) is 1. The Kier molecular flexibility index (Phi) is 6.54. The number of hydrogen-bond acceptors (Lipinski definition) is 7. The predicted octanol–water partition coefficient (Wildman–Crippen LogP) is 0.880. The van der Waals surface area contributed by atoms with Gasteiger partial charge in [0.15, 0.2) is 11.5 Å². The summed E-state index contributed by atoms with van der Waals surface area (Å²) in [5.74, 6) is 1.64. The van der Waals surface area contributed by atoms with Gasteiger partial charge < -0.3 is 20.0 Å². The summed E-state index contributed by atoms with van der Waals surface area (Å²) < 4.78 is 0. The van der Waals surface area contributed by atoms with Crippen molar-refractivity contribution in [3.05, 3.63) is 42.2 Å². The number of carbonyl (C=O) groups excluding carboxylic acids is 1. The van der Waals surface area contributed by atoms with Gasteiger partial charge >= 0.3 is 0 Å². The number of anilines is 2. The lowest BCUT2D eigenvalue weighted by Crippen LogP contribution is -2.47. The van der Waals surface area contributed by atoms with E-state index in [0.717, 1.165) is 50.8 Å². The van der Waals surface area contributed by atoms with Crippen LogP contribution in [0.1, 0.15) is 16.9 Å². The highest BCUT2D eigenvalue weighted by Crippen LogP contribution is 2.16. The van der Waals surface area contributed by atoms with Crippen LogP contribution >= 0.6 is 0 Å². The van der Waals surface area contributed by atoms with Gasteiger partial charge in [-0.05, 0) is 51.3 Å². The minimum absolute atomic E-state index is 0.173. The summed E-state index contributed by atoms with van der Waals surface area (Å²) in [6.07, 6.45) is 2.72. The minimum atomic E-state index is -0.173. The van der Waals surface area contributed by atoms with E-state index in [0.29, 0.717) is 12.2 Å². The van der Waals surface area contributed by atoms with Crippen LogP contribution in [0.4, 0.5) is 11.6 Å². The maximum absolute atomic E-state index is 12.1. The summed E-state index contributed by atoms with van der Waals surface area (Å²) in [5, 5.41) is 11.2. The summed E-state index contributed by atoms with van der Waals surface area (Å²) in [6.45, 7) is 5.04. The molecule has 0 spiro atoms. The van der Waals surface area contributed by atoms with E-state index in [-0.39, 0.29) is 5.91 Å². The molecular formula is C19H27N7O. The lowest BCUT2D eigenvalue weighted by molar-refractivity contribution is 0.0946. The molecular weight excluding hydrogens is 342 g/mol. The van der Waals surface area contributed by atoms with Crippen molar-refractivity contribution in [1.29, 1.82) is 0 Å². The van der Waals surface area contributed by atoms with Crippen molar-refractivity contribution >= 4 is 17.5 Å². The largest absolute Gasteiger partial charge is 0.353 e. The Balaban J connectivity index is 1.48. The van der Waals surface area contributed by atoms with Gasteiger partial charge in [0.2, 0.25) is 0 Å². The Labute approximate surface area is 160 Å². The molecule has 0 radical (unpaired) electrons. The van der Waals surface area contributed by atoms with Crippen LogP contribution in [0.3, 0.4) is 0 Å². The van der Waals surface area contributed by atoms with E-state index < -0.39 is 0 Å². The van der Waals surface area contributed by atoms with Crippen LogP contribution in [0.15, 0.2) is 36.5 Å². The van der Waals surface area contributed by atoms with Gasteiger partial charge in [0.05, 0.1) is 0 Å². The number of nitrogens with one attached hydrogen (secondary N) is 1. The molecule has 0 saturated carbocycles. The molecule has 1 aliphatic rings. The molecule has 1 saturated heterocycles. The van der Waals surface area contributed by atoms with Gasteiger partial charge in [-0.3, -0.25) is 4.79 Å². The van der Waals surface area contributed by atoms with Crippen LogP contribution in [0.5, 0.6) is 0 Å². The summed E-state index contributed by atoms with van der Waals surface area (Å²) in [5.41, 5.74) is 0.357. The highest BCUT2D eigenvalue weighted by Gasteiger charge is 2.19. The maximum Gasteiger partial charge on any atom is 0.271 e. The summed E-state index contributed by atoms with van der Waals surface area (Å²) in [6, 6.07) is 9.58. The van der Waals surface area contributed by atoms with Gasteiger partial charge in [-0.1, -0.05) is 6.07 Å². The van der Waals surface area contributed by atoms with Crippen LogP contribution in [0, 0.1) is 0 Å². The Morgan fingerprint density at radius 2 is 1.78 bits per heavy atom. The molecule has 27 heavy (non-hydrogen) atoms. The number of aromatic nitrogens is 3. The average molecular weight is 369 g/mol. The molecule has 0 atom stereocenters. The van der Waals surface area contributed by atoms with E-state index >= 15 is 0 Å². The van der Waals surface area contributed by atoms with Crippen LogP contribution < -0.4 is 15.1 Å². The van der Waals surface area contributed by atoms with E-state index in [1.165, 1.54) is 0 Å². The minimum Gasteiger partial charge on any atom is -0.353 e. The standard InChI is InChI=1S/C19H27N7O/c1-24(2)11-5-10-21-19(27)16-7-8-18(23-22-16)26-14-12-25(13-15-26)17-6-3-4-9-20-17/h3-4,6-9H,5,10-15H2,1-2H3,(H,21,27). The van der Waals surface area contributed by atoms with Crippen molar-refractivity contribution in [3.63, 3.8) is 0 Å². The number of piperazine rings is 1. The fourth-order valence-corrected chi connectivity index (χ4v) is 3.01. The fourth-order valence-electron chi connectivity index (χ4n) is 3.01. The first kappa shape index (κ1) is 19.0. The second-order valence-electron chi connectivity index (χ2n) is 6.85. The van der Waals surface area contributed by atoms with E-state index in [4.69, 9.17) is 0 Å². The van der Waals surface area contributed by atoms with E-state index in [2.05, 4.69) is 35.2 Å². The van der Waals surface area contributed by atoms with Crippen LogP contribution in [0.2, 0.25) is 0 Å². The van der Waals surface area contributed by atoms with Crippen molar-refractivity contribution in [2.45, 2.75) is 6.42 Å². The number of carbonyl (C=O) groups is 1. The molecule has 8 heteroatoms. The van der Waals surface area contributed by atoms with E-state index in [1.54, 1.807) is 6.07 Å². The second-order valence-corrected chi connectivity index (χ2v) is 6.85. The highest BCUT2D eigenvalue weighted by molar-refractivity contribution is 5.92. The zero-order chi connectivity index (χ0) is 19.1. The van der Waals surface area contributed by atoms with Crippen molar-refractivity contribution in [3.8, 4) is 0 Å². The Morgan fingerprint density at radius 3 is 2.37 bits per heavy atom. The Morgan fingerprint density at radius 1 is 1.04 bits per heavy atom. The first-order valence-electron chi connectivity index (χ1n) is 9.31. The van der Waals surface area contributed by atoms with Crippen LogP contribution in [0.25, 0.3) is 0 Å². The lowest BCUT2D eigenvalue weighted by atomic mass is 10.3. The molecule has 1 N–H and O–H groups in total. The normalized spacial score (nSPS) is 14.5. The molecule has 0 aliphatic carbocycles. The average Bonchev–Trinajstić information content (AvgIpc) is 2.72. The van der Waals surface area contributed by atoms with Gasteiger partial charge in [-0.2, -0.15) is 0 Å². The molecule has 144 valence electrons. The Hall–Kier alpha value is -2.74. The molecule has 0 unspecified atom stereocenters. The summed E-state index contributed by atoms with van der Waals surface area (Å²) in [7, 11) is 4.03. The van der Waals surface area contributed by atoms with Crippen molar-refractivity contribution in [2.75, 3.05) is 63.2 Å². The molecule has 1 amide bonds. The summed E-state index contributed by atoms with van der Waals surface area (Å²) >= 11 is 0. The van der Waals surface area contributed by atoms with Gasteiger partial charge in [-0.25, -0.2) is 4.98 Å². The molecule has 0 aromatic carbocycles. The SMILES string of the molecule is CN(C)CCCNC(=O)c1ccc(N2CCN(c3ccccn3)CC2)nn1. The fraction of sp³-hybridized carbons (Fsp3) is 0.474. The van der Waals surface area contributed by atoms with Crippen LogP contribution in [-0.4, -0.2) is 79.4 Å². The molecule has 3 rings (SSSR count). The molecule has 1 aliphatic heterocycles. The van der Waals surface area contributed by atoms with E-state index in [9.17, 15) is 4.79 Å². The molecule has 0 bridgehead atoms. The zero-order valence-corrected chi connectivity index (χ0v) is 16.0. The number of amides is 1. The summed E-state index contributed by atoms with van der Waals surface area (Å²) in [4.78, 5) is 23.1. The van der Waals surface area contributed by atoms with Crippen LogP contribution in [-0.2, 0) is 0 Å². The molecule has 3 heterocycles. The molecule has 8 nitrogen and oxygen atoms in total. The second kappa shape index (κ2) is 9.27. The molecule has 2 aromatic heterocycles. The number of rotatable bonds is 7. The van der Waals surface area contributed by atoms with Gasteiger partial charge in [0, 0.05) is 38.9 Å². The monoisotopic (exact) mass is 369 g/mol. The van der Waals surface area contributed by atoms with Gasteiger partial charge in [0.1, 0.15) is 5.82 Å². The lowest BCUT2D eigenvalue weighted by Gasteiger charge is -2.35. The third-order valence-corrected chi connectivity index (χ3v) is 4.53. The first-order chi connectivity index (χ1) is 13.1. The molecule has 1 fully saturated rings. The third-order valence-electron chi connectivity index (χ3n) is 4.53. The zero-order valence-electron chi connectivity index (χ0n) is 16.0. The smallest absolute Gasteiger partial charge is 0.271 e. The van der Waals surface area contributed by atoms with Gasteiger partial charge in [0.25, 0.3) is 5.91 Å². The van der Waals surface area contributed by atoms with Crippen molar-refractivity contribution < 1.29 is 4.79 Å². The predicted molar refractivity (Wildman–Crippen MR) is 106 cm³/mol.